The first-order valence-electron chi connectivity index (χ1n) is 9.57. The van der Waals surface area contributed by atoms with Gasteiger partial charge in [0.15, 0.2) is 10.9 Å². The molecule has 0 spiro atoms. The quantitative estimate of drug-likeness (QED) is 0.535. The number of likely N-dealkylation sites (N-methyl/N-ethyl adjacent to an activating group) is 1. The zero-order valence-corrected chi connectivity index (χ0v) is 16.7. The normalized spacial score (nSPS) is 14.5. The van der Waals surface area contributed by atoms with Crippen LogP contribution in [0, 0.1) is 6.92 Å². The molecule has 0 radical (unpaired) electrons. The minimum absolute atomic E-state index is 0.240. The minimum Gasteiger partial charge on any atom is -0.450 e. The summed E-state index contributed by atoms with van der Waals surface area (Å²) < 4.78 is 6.04. The standard InChI is InChI=1S/C22H21N3O2S/c1-3-25-11-10-17-18(12-25)28-22(23-17)24-21(26)19-13(2)15-9-8-14-6-4-5-7-16(14)20(15)27-19/h4-9H,3,10-12H2,1-2H3,(H,23,24,26). The molecule has 0 saturated carbocycles. The highest BCUT2D eigenvalue weighted by atomic mass is 32.1. The summed E-state index contributed by atoms with van der Waals surface area (Å²) in [5, 5.41) is 6.70. The smallest absolute Gasteiger partial charge is 0.293 e. The monoisotopic (exact) mass is 391 g/mol. The summed E-state index contributed by atoms with van der Waals surface area (Å²) in [7, 11) is 0. The van der Waals surface area contributed by atoms with E-state index in [1.807, 2.05) is 37.3 Å². The summed E-state index contributed by atoms with van der Waals surface area (Å²) in [4.78, 5) is 21.2. The van der Waals surface area contributed by atoms with Gasteiger partial charge in [-0.15, -0.1) is 11.3 Å². The number of hydrogen-bond acceptors (Lipinski definition) is 5. The van der Waals surface area contributed by atoms with Crippen LogP contribution in [0.5, 0.6) is 0 Å². The molecule has 1 N–H and O–H groups in total. The number of furan rings is 1. The van der Waals surface area contributed by atoms with E-state index in [4.69, 9.17) is 4.42 Å². The minimum atomic E-state index is -0.240. The van der Waals surface area contributed by atoms with Gasteiger partial charge >= 0.3 is 0 Å². The Bertz CT molecular complexity index is 1210. The Morgan fingerprint density at radius 1 is 1.25 bits per heavy atom. The first-order valence-corrected chi connectivity index (χ1v) is 10.4. The molecule has 2 aromatic heterocycles. The summed E-state index contributed by atoms with van der Waals surface area (Å²) in [6.45, 7) is 7.07. The van der Waals surface area contributed by atoms with Crippen LogP contribution in [-0.2, 0) is 13.0 Å². The lowest BCUT2D eigenvalue weighted by Crippen LogP contribution is -2.29. The van der Waals surface area contributed by atoms with E-state index in [2.05, 4.69) is 28.2 Å². The fraction of sp³-hybridized carbons (Fsp3) is 0.273. The van der Waals surface area contributed by atoms with Gasteiger partial charge in [-0.1, -0.05) is 43.3 Å². The average Bonchev–Trinajstić information content (AvgIpc) is 3.27. The number of hydrogen-bond donors (Lipinski definition) is 1. The number of anilines is 1. The maximum atomic E-state index is 12.9. The molecule has 0 unspecified atom stereocenters. The fourth-order valence-electron chi connectivity index (χ4n) is 3.89. The molecule has 2 aromatic carbocycles. The van der Waals surface area contributed by atoms with Crippen molar-refractivity contribution in [2.75, 3.05) is 18.4 Å². The van der Waals surface area contributed by atoms with Gasteiger partial charge in [0.1, 0.15) is 5.58 Å². The average molecular weight is 391 g/mol. The molecule has 0 bridgehead atoms. The largest absolute Gasteiger partial charge is 0.450 e. The molecular weight excluding hydrogens is 370 g/mol. The van der Waals surface area contributed by atoms with Crippen molar-refractivity contribution < 1.29 is 9.21 Å². The lowest BCUT2D eigenvalue weighted by atomic mass is 10.1. The number of aromatic nitrogens is 1. The number of aryl methyl sites for hydroxylation is 1. The molecule has 1 aliphatic rings. The Balaban J connectivity index is 1.47. The van der Waals surface area contributed by atoms with Crippen molar-refractivity contribution in [2.45, 2.75) is 26.8 Å². The van der Waals surface area contributed by atoms with Crippen LogP contribution in [0.1, 0.15) is 33.6 Å². The van der Waals surface area contributed by atoms with E-state index in [0.29, 0.717) is 10.9 Å². The Labute approximate surface area is 167 Å². The molecule has 28 heavy (non-hydrogen) atoms. The second-order valence-corrected chi connectivity index (χ2v) is 8.26. The number of nitrogens with one attached hydrogen (secondary N) is 1. The first-order chi connectivity index (χ1) is 13.6. The van der Waals surface area contributed by atoms with Gasteiger partial charge in [-0.3, -0.25) is 15.0 Å². The van der Waals surface area contributed by atoms with Crippen LogP contribution < -0.4 is 5.32 Å². The van der Waals surface area contributed by atoms with Crippen molar-refractivity contribution in [2.24, 2.45) is 0 Å². The molecule has 6 heteroatoms. The van der Waals surface area contributed by atoms with E-state index in [-0.39, 0.29) is 5.91 Å². The van der Waals surface area contributed by atoms with Crippen LogP contribution in [0.15, 0.2) is 40.8 Å². The van der Waals surface area contributed by atoms with Crippen molar-refractivity contribution in [3.05, 3.63) is 58.3 Å². The van der Waals surface area contributed by atoms with E-state index in [1.165, 1.54) is 4.88 Å². The SMILES string of the molecule is CCN1CCc2nc(NC(=O)c3oc4c(ccc5ccccc54)c3C)sc2C1. The third kappa shape index (κ3) is 2.80. The first kappa shape index (κ1) is 17.4. The molecule has 0 aliphatic carbocycles. The highest BCUT2D eigenvalue weighted by Crippen LogP contribution is 2.33. The molecule has 5 rings (SSSR count). The zero-order valence-electron chi connectivity index (χ0n) is 15.9. The Kier molecular flexibility index (Phi) is 4.18. The number of rotatable bonds is 3. The van der Waals surface area contributed by atoms with Gasteiger partial charge < -0.3 is 4.42 Å². The van der Waals surface area contributed by atoms with E-state index < -0.39 is 0 Å². The zero-order chi connectivity index (χ0) is 19.3. The lowest BCUT2D eigenvalue weighted by Gasteiger charge is -2.23. The summed E-state index contributed by atoms with van der Waals surface area (Å²) in [6, 6.07) is 12.1. The Morgan fingerprint density at radius 2 is 2.11 bits per heavy atom. The van der Waals surface area contributed by atoms with Crippen LogP contribution in [0.25, 0.3) is 21.7 Å². The predicted octanol–water partition coefficient (Wildman–Crippen LogP) is 4.98. The topological polar surface area (TPSA) is 58.4 Å². The summed E-state index contributed by atoms with van der Waals surface area (Å²) in [5.41, 5.74) is 2.73. The van der Waals surface area contributed by atoms with Gasteiger partial charge in [-0.05, 0) is 18.9 Å². The van der Waals surface area contributed by atoms with Crippen molar-refractivity contribution in [1.29, 1.82) is 0 Å². The van der Waals surface area contributed by atoms with E-state index >= 15 is 0 Å². The fourth-order valence-corrected chi connectivity index (χ4v) is 4.94. The van der Waals surface area contributed by atoms with Gasteiger partial charge in [0.25, 0.3) is 5.91 Å². The van der Waals surface area contributed by atoms with Crippen LogP contribution in [-0.4, -0.2) is 28.9 Å². The van der Waals surface area contributed by atoms with Gasteiger partial charge in [-0.2, -0.15) is 0 Å². The number of carbonyl (C=O) groups is 1. The third-order valence-corrected chi connectivity index (χ3v) is 6.51. The molecular formula is C22H21N3O2S. The van der Waals surface area contributed by atoms with Crippen molar-refractivity contribution in [1.82, 2.24) is 9.88 Å². The van der Waals surface area contributed by atoms with E-state index in [0.717, 1.165) is 59.1 Å². The lowest BCUT2D eigenvalue weighted by molar-refractivity contribution is 0.0998. The molecule has 3 heterocycles. The maximum absolute atomic E-state index is 12.9. The van der Waals surface area contributed by atoms with Gasteiger partial charge in [0, 0.05) is 40.7 Å². The molecule has 1 amide bonds. The molecule has 1 aliphatic heterocycles. The Hall–Kier alpha value is -2.70. The van der Waals surface area contributed by atoms with Crippen molar-refractivity contribution >= 4 is 44.1 Å². The Morgan fingerprint density at radius 3 is 2.96 bits per heavy atom. The highest BCUT2D eigenvalue weighted by molar-refractivity contribution is 7.15. The van der Waals surface area contributed by atoms with Crippen LogP contribution in [0.4, 0.5) is 5.13 Å². The van der Waals surface area contributed by atoms with Crippen molar-refractivity contribution in [3.63, 3.8) is 0 Å². The number of benzene rings is 2. The summed E-state index contributed by atoms with van der Waals surface area (Å²) in [5.74, 6) is 0.117. The summed E-state index contributed by atoms with van der Waals surface area (Å²) >= 11 is 1.57. The van der Waals surface area contributed by atoms with Crippen LogP contribution in [0.3, 0.4) is 0 Å². The second-order valence-electron chi connectivity index (χ2n) is 7.18. The highest BCUT2D eigenvalue weighted by Gasteiger charge is 2.23. The molecule has 0 fully saturated rings. The van der Waals surface area contributed by atoms with Crippen molar-refractivity contribution in [3.8, 4) is 0 Å². The van der Waals surface area contributed by atoms with Gasteiger partial charge in [-0.25, -0.2) is 4.98 Å². The molecule has 4 aromatic rings. The van der Waals surface area contributed by atoms with Gasteiger partial charge in [0.05, 0.1) is 5.69 Å². The molecule has 142 valence electrons. The molecule has 5 nitrogen and oxygen atoms in total. The van der Waals surface area contributed by atoms with Crippen LogP contribution >= 0.6 is 11.3 Å². The molecule has 0 atom stereocenters. The molecule has 0 saturated heterocycles. The number of carbonyl (C=O) groups excluding carboxylic acids is 1. The van der Waals surface area contributed by atoms with E-state index in [1.54, 1.807) is 11.3 Å². The number of nitrogens with zero attached hydrogens (tertiary/aromatic N) is 2. The van der Waals surface area contributed by atoms with Gasteiger partial charge in [0.2, 0.25) is 0 Å². The second kappa shape index (κ2) is 6.72. The van der Waals surface area contributed by atoms with E-state index in [9.17, 15) is 4.79 Å². The number of amides is 1. The predicted molar refractivity (Wildman–Crippen MR) is 113 cm³/mol. The maximum Gasteiger partial charge on any atom is 0.293 e. The third-order valence-electron chi connectivity index (χ3n) is 5.51. The number of fused-ring (bicyclic) bond motifs is 4. The number of thiazole rings is 1. The van der Waals surface area contributed by atoms with Crippen LogP contribution in [0.2, 0.25) is 0 Å². The summed E-state index contributed by atoms with van der Waals surface area (Å²) in [6.07, 6.45) is 0.936.